The van der Waals surface area contributed by atoms with Crippen LogP contribution < -0.4 is 10.6 Å². The highest BCUT2D eigenvalue weighted by Crippen LogP contribution is 2.26. The minimum Gasteiger partial charge on any atom is -0.336 e. The van der Waals surface area contributed by atoms with Gasteiger partial charge in [-0.3, -0.25) is 4.98 Å². The SMILES string of the molecule is CC(C)NC(=O)Nc1cnc2ccc(C(C)(C)C)cc2c1. The van der Waals surface area contributed by atoms with E-state index in [0.29, 0.717) is 5.69 Å². The number of aromatic nitrogens is 1. The molecule has 21 heavy (non-hydrogen) atoms. The summed E-state index contributed by atoms with van der Waals surface area (Å²) in [6, 6.07) is 8.11. The van der Waals surface area contributed by atoms with Crippen molar-refractivity contribution in [3.63, 3.8) is 0 Å². The molecule has 0 fully saturated rings. The molecule has 2 amide bonds. The van der Waals surface area contributed by atoms with Gasteiger partial charge in [0.1, 0.15) is 0 Å². The van der Waals surface area contributed by atoms with Crippen LogP contribution in [-0.4, -0.2) is 17.1 Å². The fraction of sp³-hybridized carbons (Fsp3) is 0.412. The zero-order valence-electron chi connectivity index (χ0n) is 13.3. The van der Waals surface area contributed by atoms with Crippen LogP contribution in [0.1, 0.15) is 40.2 Å². The number of amides is 2. The van der Waals surface area contributed by atoms with E-state index in [0.717, 1.165) is 10.9 Å². The summed E-state index contributed by atoms with van der Waals surface area (Å²) in [5.41, 5.74) is 2.97. The highest BCUT2D eigenvalue weighted by molar-refractivity contribution is 5.92. The van der Waals surface area contributed by atoms with Crippen LogP contribution in [0.3, 0.4) is 0 Å². The predicted octanol–water partition coefficient (Wildman–Crippen LogP) is 4.06. The maximum atomic E-state index is 11.7. The number of fused-ring (bicyclic) bond motifs is 1. The predicted molar refractivity (Wildman–Crippen MR) is 87.7 cm³/mol. The summed E-state index contributed by atoms with van der Waals surface area (Å²) in [5, 5.41) is 6.64. The average molecular weight is 285 g/mol. The van der Waals surface area contributed by atoms with Crippen molar-refractivity contribution >= 4 is 22.6 Å². The van der Waals surface area contributed by atoms with Crippen LogP contribution in [0.25, 0.3) is 10.9 Å². The number of carbonyl (C=O) groups is 1. The number of carbonyl (C=O) groups excluding carboxylic acids is 1. The molecule has 0 spiro atoms. The highest BCUT2D eigenvalue weighted by Gasteiger charge is 2.14. The number of hydrogen-bond acceptors (Lipinski definition) is 2. The lowest BCUT2D eigenvalue weighted by Gasteiger charge is -2.19. The first-order valence-electron chi connectivity index (χ1n) is 7.23. The van der Waals surface area contributed by atoms with Crippen molar-refractivity contribution in [3.05, 3.63) is 36.0 Å². The standard InChI is InChI=1S/C17H23N3O/c1-11(2)19-16(21)20-14-9-12-8-13(17(3,4)5)6-7-15(12)18-10-14/h6-11H,1-5H3,(H2,19,20,21). The third-order valence-corrected chi connectivity index (χ3v) is 3.22. The van der Waals surface area contributed by atoms with E-state index < -0.39 is 0 Å². The molecular weight excluding hydrogens is 262 g/mol. The average Bonchev–Trinajstić information content (AvgIpc) is 2.35. The van der Waals surface area contributed by atoms with Gasteiger partial charge in [-0.25, -0.2) is 4.79 Å². The lowest BCUT2D eigenvalue weighted by atomic mass is 9.86. The van der Waals surface area contributed by atoms with Crippen molar-refractivity contribution in [1.82, 2.24) is 10.3 Å². The van der Waals surface area contributed by atoms with E-state index in [1.807, 2.05) is 26.0 Å². The van der Waals surface area contributed by atoms with Crippen molar-refractivity contribution in [2.45, 2.75) is 46.1 Å². The summed E-state index contributed by atoms with van der Waals surface area (Å²) < 4.78 is 0. The Morgan fingerprint density at radius 1 is 1.19 bits per heavy atom. The molecule has 4 nitrogen and oxygen atoms in total. The topological polar surface area (TPSA) is 54.0 Å². The summed E-state index contributed by atoms with van der Waals surface area (Å²) in [6.07, 6.45) is 1.68. The number of rotatable bonds is 2. The molecule has 0 radical (unpaired) electrons. The smallest absolute Gasteiger partial charge is 0.319 e. The number of hydrogen-bond donors (Lipinski definition) is 2. The molecular formula is C17H23N3O. The van der Waals surface area contributed by atoms with Crippen LogP contribution >= 0.6 is 0 Å². The fourth-order valence-corrected chi connectivity index (χ4v) is 2.10. The van der Waals surface area contributed by atoms with Crippen LogP contribution in [0, 0.1) is 0 Å². The minimum atomic E-state index is -0.210. The molecule has 0 saturated heterocycles. The van der Waals surface area contributed by atoms with Crippen LogP contribution in [0.4, 0.5) is 10.5 Å². The number of pyridine rings is 1. The number of anilines is 1. The van der Waals surface area contributed by atoms with Gasteiger partial charge in [-0.1, -0.05) is 26.8 Å². The van der Waals surface area contributed by atoms with E-state index in [4.69, 9.17) is 0 Å². The molecule has 0 aliphatic rings. The van der Waals surface area contributed by atoms with Gasteiger partial charge in [0.2, 0.25) is 0 Å². The number of benzene rings is 1. The van der Waals surface area contributed by atoms with E-state index in [2.05, 4.69) is 48.5 Å². The van der Waals surface area contributed by atoms with Gasteiger partial charge in [0, 0.05) is 11.4 Å². The summed E-state index contributed by atoms with van der Waals surface area (Å²) in [7, 11) is 0. The maximum Gasteiger partial charge on any atom is 0.319 e. The molecule has 2 N–H and O–H groups in total. The van der Waals surface area contributed by atoms with E-state index in [-0.39, 0.29) is 17.5 Å². The van der Waals surface area contributed by atoms with Crippen molar-refractivity contribution in [3.8, 4) is 0 Å². The van der Waals surface area contributed by atoms with Crippen molar-refractivity contribution in [1.29, 1.82) is 0 Å². The summed E-state index contributed by atoms with van der Waals surface area (Å²) in [6.45, 7) is 10.4. The van der Waals surface area contributed by atoms with Gasteiger partial charge in [-0.15, -0.1) is 0 Å². The molecule has 0 aliphatic carbocycles. The van der Waals surface area contributed by atoms with Gasteiger partial charge < -0.3 is 10.6 Å². The van der Waals surface area contributed by atoms with E-state index >= 15 is 0 Å². The molecule has 1 aromatic heterocycles. The molecule has 1 aromatic carbocycles. The van der Waals surface area contributed by atoms with Crippen molar-refractivity contribution in [2.24, 2.45) is 0 Å². The molecule has 0 unspecified atom stereocenters. The first-order chi connectivity index (χ1) is 9.75. The second-order valence-corrected chi connectivity index (χ2v) is 6.63. The second kappa shape index (κ2) is 5.72. The van der Waals surface area contributed by atoms with Gasteiger partial charge in [-0.05, 0) is 43.0 Å². The third kappa shape index (κ3) is 3.94. The Balaban J connectivity index is 2.29. The van der Waals surface area contributed by atoms with E-state index in [9.17, 15) is 4.79 Å². The Bertz CT molecular complexity index is 657. The highest BCUT2D eigenvalue weighted by atomic mass is 16.2. The summed E-state index contributed by atoms with van der Waals surface area (Å²) in [4.78, 5) is 16.1. The van der Waals surface area contributed by atoms with Crippen molar-refractivity contribution < 1.29 is 4.79 Å². The molecule has 0 saturated carbocycles. The van der Waals surface area contributed by atoms with Crippen LogP contribution in [0.2, 0.25) is 0 Å². The summed E-state index contributed by atoms with van der Waals surface area (Å²) in [5.74, 6) is 0. The molecule has 2 aromatic rings. The lowest BCUT2D eigenvalue weighted by molar-refractivity contribution is 0.250. The number of nitrogens with one attached hydrogen (secondary N) is 2. The fourth-order valence-electron chi connectivity index (χ4n) is 2.10. The van der Waals surface area contributed by atoms with E-state index in [1.54, 1.807) is 6.20 Å². The van der Waals surface area contributed by atoms with Gasteiger partial charge in [-0.2, -0.15) is 0 Å². The third-order valence-electron chi connectivity index (χ3n) is 3.22. The van der Waals surface area contributed by atoms with Gasteiger partial charge in [0.25, 0.3) is 0 Å². The number of nitrogens with zero attached hydrogens (tertiary/aromatic N) is 1. The van der Waals surface area contributed by atoms with Gasteiger partial charge in [0.05, 0.1) is 17.4 Å². The molecule has 4 heteroatoms. The molecule has 2 rings (SSSR count). The Hall–Kier alpha value is -2.10. The quantitative estimate of drug-likeness (QED) is 0.874. The largest absolute Gasteiger partial charge is 0.336 e. The van der Waals surface area contributed by atoms with Crippen molar-refractivity contribution in [2.75, 3.05) is 5.32 Å². The van der Waals surface area contributed by atoms with Gasteiger partial charge >= 0.3 is 6.03 Å². The Labute approximate surface area is 126 Å². The lowest BCUT2D eigenvalue weighted by Crippen LogP contribution is -2.34. The van der Waals surface area contributed by atoms with Gasteiger partial charge in [0.15, 0.2) is 0 Å². The zero-order chi connectivity index (χ0) is 15.6. The first-order valence-corrected chi connectivity index (χ1v) is 7.23. The molecule has 0 bridgehead atoms. The van der Waals surface area contributed by atoms with E-state index in [1.165, 1.54) is 5.56 Å². The normalized spacial score (nSPS) is 11.7. The zero-order valence-corrected chi connectivity index (χ0v) is 13.3. The second-order valence-electron chi connectivity index (χ2n) is 6.63. The molecule has 1 heterocycles. The maximum absolute atomic E-state index is 11.7. The monoisotopic (exact) mass is 285 g/mol. The van der Waals surface area contributed by atoms with Crippen LogP contribution in [-0.2, 0) is 5.41 Å². The van der Waals surface area contributed by atoms with Crippen LogP contribution in [0.5, 0.6) is 0 Å². The van der Waals surface area contributed by atoms with Crippen LogP contribution in [0.15, 0.2) is 30.5 Å². The Kier molecular flexibility index (Phi) is 4.16. The summed E-state index contributed by atoms with van der Waals surface area (Å²) >= 11 is 0. The molecule has 0 aliphatic heterocycles. The Morgan fingerprint density at radius 3 is 2.52 bits per heavy atom. The molecule has 0 atom stereocenters. The first kappa shape index (κ1) is 15.3. The minimum absolute atomic E-state index is 0.0899. The Morgan fingerprint density at radius 2 is 1.90 bits per heavy atom. The number of urea groups is 1. The molecule has 112 valence electrons.